The Hall–Kier alpha value is -2.90. The topological polar surface area (TPSA) is 82.6 Å². The van der Waals surface area contributed by atoms with Gasteiger partial charge in [-0.3, -0.25) is 14.9 Å². The van der Waals surface area contributed by atoms with Gasteiger partial charge in [0.2, 0.25) is 0 Å². The van der Waals surface area contributed by atoms with Crippen molar-refractivity contribution in [2.24, 2.45) is 0 Å². The highest BCUT2D eigenvalue weighted by molar-refractivity contribution is 7.18. The fourth-order valence-corrected chi connectivity index (χ4v) is 3.09. The summed E-state index contributed by atoms with van der Waals surface area (Å²) >= 11 is 7.01. The van der Waals surface area contributed by atoms with E-state index in [4.69, 9.17) is 20.8 Å². The molecule has 132 valence electrons. The molecule has 0 atom stereocenters. The van der Waals surface area contributed by atoms with Crippen molar-refractivity contribution >= 4 is 40.5 Å². The number of carbonyl (C=O) groups is 1. The average Bonchev–Trinajstić information content (AvgIpc) is 3.27. The lowest BCUT2D eigenvalue weighted by Crippen LogP contribution is -1.97. The largest absolute Gasteiger partial charge is 0.479 e. The van der Waals surface area contributed by atoms with Crippen LogP contribution in [0, 0.1) is 10.1 Å². The maximum atomic E-state index is 12.0. The SMILES string of the molecule is O=C(/C=C/c1ccc(COc2ccccc2[N+](=O)[O-])o1)c1ccc(Cl)s1. The molecule has 0 unspecified atom stereocenters. The number of ketones is 1. The molecule has 0 fully saturated rings. The summed E-state index contributed by atoms with van der Waals surface area (Å²) in [7, 11) is 0. The van der Waals surface area contributed by atoms with Crippen LogP contribution in [-0.2, 0) is 6.61 Å². The number of thiophene rings is 1. The first-order chi connectivity index (χ1) is 12.5. The van der Waals surface area contributed by atoms with Crippen molar-refractivity contribution in [2.45, 2.75) is 6.61 Å². The van der Waals surface area contributed by atoms with Gasteiger partial charge in [-0.05, 0) is 42.5 Å². The molecule has 0 bridgehead atoms. The van der Waals surface area contributed by atoms with Crippen LogP contribution in [0.25, 0.3) is 6.08 Å². The first-order valence-corrected chi connectivity index (χ1v) is 8.65. The van der Waals surface area contributed by atoms with Crippen molar-refractivity contribution in [3.8, 4) is 5.75 Å². The Labute approximate surface area is 157 Å². The Morgan fingerprint density at radius 1 is 1.23 bits per heavy atom. The van der Waals surface area contributed by atoms with Crippen LogP contribution in [0.2, 0.25) is 4.34 Å². The molecular formula is C18H12ClNO5S. The Balaban J connectivity index is 1.62. The van der Waals surface area contributed by atoms with Crippen LogP contribution in [0.3, 0.4) is 0 Å². The van der Waals surface area contributed by atoms with Crippen LogP contribution >= 0.6 is 22.9 Å². The van der Waals surface area contributed by atoms with E-state index in [1.165, 1.54) is 29.5 Å². The van der Waals surface area contributed by atoms with Crippen molar-refractivity contribution in [3.05, 3.63) is 85.5 Å². The van der Waals surface area contributed by atoms with Gasteiger partial charge in [0.25, 0.3) is 0 Å². The predicted octanol–water partition coefficient (Wildman–Crippen LogP) is 5.38. The lowest BCUT2D eigenvalue weighted by molar-refractivity contribution is -0.386. The summed E-state index contributed by atoms with van der Waals surface area (Å²) < 4.78 is 11.5. The summed E-state index contributed by atoms with van der Waals surface area (Å²) in [4.78, 5) is 23.0. The smallest absolute Gasteiger partial charge is 0.310 e. The Morgan fingerprint density at radius 2 is 2.04 bits per heavy atom. The standard InChI is InChI=1S/C18H12ClNO5S/c19-18-10-9-17(26-18)15(21)8-7-12-5-6-13(25-12)11-24-16-4-2-1-3-14(16)20(22)23/h1-10H,11H2/b8-7+. The van der Waals surface area contributed by atoms with Gasteiger partial charge in [-0.25, -0.2) is 0 Å². The molecule has 3 rings (SSSR count). The van der Waals surface area contributed by atoms with Crippen LogP contribution in [0.4, 0.5) is 5.69 Å². The Bertz CT molecular complexity index is 975. The Kier molecular flexibility index (Phi) is 5.50. The molecule has 1 aromatic carbocycles. The number of furan rings is 1. The van der Waals surface area contributed by atoms with E-state index in [1.807, 2.05) is 0 Å². The molecule has 6 nitrogen and oxygen atoms in total. The molecule has 0 spiro atoms. The number of hydrogen-bond acceptors (Lipinski definition) is 6. The van der Waals surface area contributed by atoms with E-state index in [9.17, 15) is 14.9 Å². The summed E-state index contributed by atoms with van der Waals surface area (Å²) in [6.07, 6.45) is 2.94. The molecule has 0 aliphatic carbocycles. The van der Waals surface area contributed by atoms with Crippen molar-refractivity contribution in [3.63, 3.8) is 0 Å². The van der Waals surface area contributed by atoms with E-state index in [-0.39, 0.29) is 23.8 Å². The van der Waals surface area contributed by atoms with Gasteiger partial charge >= 0.3 is 5.69 Å². The number of nitro benzene ring substituents is 1. The third-order valence-electron chi connectivity index (χ3n) is 3.33. The van der Waals surface area contributed by atoms with E-state index < -0.39 is 4.92 Å². The summed E-state index contributed by atoms with van der Waals surface area (Å²) in [6.45, 7) is 0.0349. The Morgan fingerprint density at radius 3 is 2.77 bits per heavy atom. The first-order valence-electron chi connectivity index (χ1n) is 7.45. The summed E-state index contributed by atoms with van der Waals surface area (Å²) in [5.41, 5.74) is -0.112. The molecule has 0 saturated carbocycles. The first kappa shape index (κ1) is 17.9. The van der Waals surface area contributed by atoms with E-state index in [0.29, 0.717) is 20.7 Å². The van der Waals surface area contributed by atoms with E-state index in [2.05, 4.69) is 0 Å². The van der Waals surface area contributed by atoms with Crippen molar-refractivity contribution < 1.29 is 18.9 Å². The highest BCUT2D eigenvalue weighted by atomic mass is 35.5. The van der Waals surface area contributed by atoms with Crippen LogP contribution < -0.4 is 4.74 Å². The molecular weight excluding hydrogens is 378 g/mol. The second-order valence-electron chi connectivity index (χ2n) is 5.12. The fourth-order valence-electron chi connectivity index (χ4n) is 2.13. The monoisotopic (exact) mass is 389 g/mol. The minimum absolute atomic E-state index is 0.0349. The fraction of sp³-hybridized carbons (Fsp3) is 0.0556. The number of benzene rings is 1. The predicted molar refractivity (Wildman–Crippen MR) is 98.8 cm³/mol. The van der Waals surface area contributed by atoms with Crippen molar-refractivity contribution in [1.29, 1.82) is 0 Å². The molecule has 0 amide bonds. The van der Waals surface area contributed by atoms with Gasteiger partial charge in [0.1, 0.15) is 18.1 Å². The van der Waals surface area contributed by atoms with E-state index in [0.717, 1.165) is 0 Å². The van der Waals surface area contributed by atoms with Gasteiger partial charge in [0.15, 0.2) is 11.5 Å². The van der Waals surface area contributed by atoms with Crippen LogP contribution in [0.1, 0.15) is 21.2 Å². The van der Waals surface area contributed by atoms with Gasteiger partial charge < -0.3 is 9.15 Å². The number of nitro groups is 1. The summed E-state index contributed by atoms with van der Waals surface area (Å²) in [5, 5.41) is 11.0. The van der Waals surface area contributed by atoms with Gasteiger partial charge in [0.05, 0.1) is 14.1 Å². The van der Waals surface area contributed by atoms with Gasteiger partial charge in [-0.15, -0.1) is 11.3 Å². The normalized spacial score (nSPS) is 11.0. The van der Waals surface area contributed by atoms with Gasteiger partial charge in [-0.1, -0.05) is 23.7 Å². The molecule has 3 aromatic rings. The lowest BCUT2D eigenvalue weighted by atomic mass is 10.3. The van der Waals surface area contributed by atoms with E-state index in [1.54, 1.807) is 42.5 Å². The molecule has 26 heavy (non-hydrogen) atoms. The van der Waals surface area contributed by atoms with Gasteiger partial charge in [-0.2, -0.15) is 0 Å². The van der Waals surface area contributed by atoms with Gasteiger partial charge in [0, 0.05) is 6.07 Å². The maximum Gasteiger partial charge on any atom is 0.310 e. The zero-order valence-corrected chi connectivity index (χ0v) is 14.8. The number of nitrogens with zero attached hydrogens (tertiary/aromatic N) is 1. The third kappa shape index (κ3) is 4.38. The van der Waals surface area contributed by atoms with E-state index >= 15 is 0 Å². The molecule has 8 heteroatoms. The third-order valence-corrected chi connectivity index (χ3v) is 4.58. The maximum absolute atomic E-state index is 12.0. The highest BCUT2D eigenvalue weighted by Crippen LogP contribution is 2.27. The van der Waals surface area contributed by atoms with Crippen LogP contribution in [-0.4, -0.2) is 10.7 Å². The second kappa shape index (κ2) is 7.99. The molecule has 2 aromatic heterocycles. The quantitative estimate of drug-likeness (QED) is 0.234. The molecule has 0 aliphatic rings. The number of halogens is 1. The highest BCUT2D eigenvalue weighted by Gasteiger charge is 2.14. The molecule has 0 radical (unpaired) electrons. The van der Waals surface area contributed by atoms with Crippen molar-refractivity contribution in [1.82, 2.24) is 0 Å². The average molecular weight is 390 g/mol. The minimum Gasteiger partial charge on any atom is -0.479 e. The van der Waals surface area contributed by atoms with Crippen LogP contribution in [0.5, 0.6) is 5.75 Å². The zero-order valence-electron chi connectivity index (χ0n) is 13.3. The summed E-state index contributed by atoms with van der Waals surface area (Å²) in [5.74, 6) is 0.948. The number of para-hydroxylation sites is 2. The molecule has 0 N–H and O–H groups in total. The molecule has 0 aliphatic heterocycles. The number of ether oxygens (including phenoxy) is 1. The number of allylic oxidation sites excluding steroid dienone is 1. The second-order valence-corrected chi connectivity index (χ2v) is 6.83. The lowest BCUT2D eigenvalue weighted by Gasteiger charge is -2.04. The van der Waals surface area contributed by atoms with Crippen molar-refractivity contribution in [2.75, 3.05) is 0 Å². The number of rotatable bonds is 7. The summed E-state index contributed by atoms with van der Waals surface area (Å²) in [6, 6.07) is 12.8. The number of carbonyl (C=O) groups excluding carboxylic acids is 1. The molecule has 2 heterocycles. The molecule has 0 saturated heterocycles. The number of hydrogen-bond donors (Lipinski definition) is 0. The minimum atomic E-state index is -0.506. The van der Waals surface area contributed by atoms with Crippen LogP contribution in [0.15, 0.2) is 59.0 Å². The zero-order chi connectivity index (χ0) is 18.5.